The van der Waals surface area contributed by atoms with Crippen molar-refractivity contribution >= 4 is 0 Å². The van der Waals surface area contributed by atoms with E-state index in [-0.39, 0.29) is 6.04 Å². The number of hydrogen-bond donors (Lipinski definition) is 1. The van der Waals surface area contributed by atoms with Gasteiger partial charge in [-0.25, -0.2) is 4.98 Å². The van der Waals surface area contributed by atoms with E-state index in [9.17, 15) is 5.11 Å². The van der Waals surface area contributed by atoms with Crippen LogP contribution in [0.2, 0.25) is 0 Å². The first-order chi connectivity index (χ1) is 8.50. The lowest BCUT2D eigenvalue weighted by atomic mass is 10.0. The van der Waals surface area contributed by atoms with Gasteiger partial charge in [-0.15, -0.1) is 0 Å². The van der Waals surface area contributed by atoms with Crippen LogP contribution in [0, 0.1) is 20.8 Å². The first-order valence-corrected chi connectivity index (χ1v) is 6.25. The molecule has 0 amide bonds. The van der Waals surface area contributed by atoms with E-state index in [0.717, 1.165) is 17.0 Å². The second-order valence-electron chi connectivity index (χ2n) is 4.92. The maximum absolute atomic E-state index is 10.4. The molecule has 3 nitrogen and oxygen atoms in total. The molecule has 2 aromatic rings. The topological polar surface area (TPSA) is 38.0 Å². The van der Waals surface area contributed by atoms with E-state index in [1.165, 1.54) is 5.56 Å². The minimum Gasteiger partial charge on any atom is -0.386 e. The molecule has 0 aliphatic heterocycles. The van der Waals surface area contributed by atoms with Crippen molar-refractivity contribution in [2.75, 3.05) is 0 Å². The Balaban J connectivity index is 2.26. The maximum atomic E-state index is 10.4. The number of aryl methyl sites for hydroxylation is 2. The normalized spacial score (nSPS) is 14.5. The van der Waals surface area contributed by atoms with Gasteiger partial charge >= 0.3 is 0 Å². The van der Waals surface area contributed by atoms with Gasteiger partial charge in [0, 0.05) is 5.69 Å². The predicted molar refractivity (Wildman–Crippen MR) is 72.6 cm³/mol. The molecule has 96 valence electrons. The van der Waals surface area contributed by atoms with Gasteiger partial charge in [-0.1, -0.05) is 29.8 Å². The van der Waals surface area contributed by atoms with Gasteiger partial charge in [0.25, 0.3) is 0 Å². The van der Waals surface area contributed by atoms with Crippen LogP contribution in [-0.4, -0.2) is 14.7 Å². The Labute approximate surface area is 108 Å². The maximum Gasteiger partial charge on any atom is 0.0994 e. The molecule has 0 aliphatic rings. The zero-order valence-electron chi connectivity index (χ0n) is 11.4. The summed E-state index contributed by atoms with van der Waals surface area (Å²) in [6.07, 6.45) is 1.28. The monoisotopic (exact) mass is 244 g/mol. The van der Waals surface area contributed by atoms with Crippen LogP contribution in [0.5, 0.6) is 0 Å². The lowest BCUT2D eigenvalue weighted by molar-refractivity contribution is 0.121. The molecule has 2 unspecified atom stereocenters. The molecule has 3 heteroatoms. The molecule has 1 aromatic carbocycles. The molecule has 0 radical (unpaired) electrons. The van der Waals surface area contributed by atoms with Crippen molar-refractivity contribution in [2.24, 2.45) is 0 Å². The molecule has 1 N–H and O–H groups in total. The Bertz CT molecular complexity index is 528. The summed E-state index contributed by atoms with van der Waals surface area (Å²) in [5.41, 5.74) is 4.26. The van der Waals surface area contributed by atoms with Gasteiger partial charge in [0.05, 0.1) is 24.2 Å². The Morgan fingerprint density at radius 1 is 1.11 bits per heavy atom. The lowest BCUT2D eigenvalue weighted by Crippen LogP contribution is -2.15. The SMILES string of the molecule is Cc1ccc(C(O)C(C)n2cnc(C)c2C)cc1. The number of benzene rings is 1. The third kappa shape index (κ3) is 2.31. The Morgan fingerprint density at radius 2 is 1.72 bits per heavy atom. The number of rotatable bonds is 3. The van der Waals surface area contributed by atoms with Crippen molar-refractivity contribution in [3.05, 3.63) is 53.1 Å². The second-order valence-corrected chi connectivity index (χ2v) is 4.92. The highest BCUT2D eigenvalue weighted by atomic mass is 16.3. The van der Waals surface area contributed by atoms with E-state index in [4.69, 9.17) is 0 Å². The fraction of sp³-hybridized carbons (Fsp3) is 0.400. The first kappa shape index (κ1) is 12.8. The number of hydrogen-bond acceptors (Lipinski definition) is 2. The van der Waals surface area contributed by atoms with Gasteiger partial charge in [-0.3, -0.25) is 0 Å². The molecule has 0 bridgehead atoms. The van der Waals surface area contributed by atoms with Gasteiger partial charge in [0.2, 0.25) is 0 Å². The third-order valence-electron chi connectivity index (χ3n) is 3.60. The molecular weight excluding hydrogens is 224 g/mol. The van der Waals surface area contributed by atoms with Crippen LogP contribution < -0.4 is 0 Å². The highest BCUT2D eigenvalue weighted by molar-refractivity contribution is 5.24. The Hall–Kier alpha value is -1.61. The fourth-order valence-corrected chi connectivity index (χ4v) is 2.12. The number of imidazole rings is 1. The number of aliphatic hydroxyl groups excluding tert-OH is 1. The van der Waals surface area contributed by atoms with Crippen molar-refractivity contribution in [2.45, 2.75) is 39.8 Å². The lowest BCUT2D eigenvalue weighted by Gasteiger charge is -2.22. The molecule has 0 spiro atoms. The number of aromatic nitrogens is 2. The van der Waals surface area contributed by atoms with E-state index in [2.05, 4.69) is 4.98 Å². The Morgan fingerprint density at radius 3 is 2.22 bits per heavy atom. The van der Waals surface area contributed by atoms with E-state index in [1.807, 2.05) is 56.5 Å². The molecule has 1 heterocycles. The predicted octanol–water partition coefficient (Wildman–Crippen LogP) is 3.10. The fourth-order valence-electron chi connectivity index (χ4n) is 2.12. The van der Waals surface area contributed by atoms with Gasteiger partial charge in [-0.2, -0.15) is 0 Å². The molecule has 2 rings (SSSR count). The van der Waals surface area contributed by atoms with E-state index >= 15 is 0 Å². The van der Waals surface area contributed by atoms with Crippen LogP contribution in [-0.2, 0) is 0 Å². The van der Waals surface area contributed by atoms with Crippen molar-refractivity contribution in [1.29, 1.82) is 0 Å². The molecule has 0 saturated carbocycles. The second kappa shape index (κ2) is 4.94. The summed E-state index contributed by atoms with van der Waals surface area (Å²) in [4.78, 5) is 4.28. The van der Waals surface area contributed by atoms with E-state index < -0.39 is 6.10 Å². The molecule has 0 saturated heterocycles. The van der Waals surface area contributed by atoms with Crippen molar-refractivity contribution in [1.82, 2.24) is 9.55 Å². The summed E-state index contributed by atoms with van der Waals surface area (Å²) < 4.78 is 2.03. The zero-order valence-corrected chi connectivity index (χ0v) is 11.4. The van der Waals surface area contributed by atoms with Crippen LogP contribution >= 0.6 is 0 Å². The molecule has 0 aliphatic carbocycles. The minimum absolute atomic E-state index is 0.0195. The van der Waals surface area contributed by atoms with Crippen LogP contribution in [0.1, 0.15) is 41.6 Å². The zero-order chi connectivity index (χ0) is 13.3. The van der Waals surface area contributed by atoms with Crippen molar-refractivity contribution < 1.29 is 5.11 Å². The standard InChI is InChI=1S/C15H20N2O/c1-10-5-7-14(8-6-10)15(18)13(4)17-9-16-11(2)12(17)3/h5-9,13,15,18H,1-4H3. The highest BCUT2D eigenvalue weighted by Crippen LogP contribution is 2.27. The highest BCUT2D eigenvalue weighted by Gasteiger charge is 2.19. The van der Waals surface area contributed by atoms with E-state index in [1.54, 1.807) is 6.33 Å². The molecule has 1 aromatic heterocycles. The summed E-state index contributed by atoms with van der Waals surface area (Å²) >= 11 is 0. The Kier molecular flexibility index (Phi) is 3.53. The number of nitrogens with zero attached hydrogens (tertiary/aromatic N) is 2. The van der Waals surface area contributed by atoms with E-state index in [0.29, 0.717) is 0 Å². The number of aliphatic hydroxyl groups is 1. The average Bonchev–Trinajstić information content (AvgIpc) is 2.69. The smallest absolute Gasteiger partial charge is 0.0994 e. The quantitative estimate of drug-likeness (QED) is 0.901. The summed E-state index contributed by atoms with van der Waals surface area (Å²) in [5.74, 6) is 0. The first-order valence-electron chi connectivity index (χ1n) is 6.25. The van der Waals surface area contributed by atoms with Gasteiger partial charge < -0.3 is 9.67 Å². The molecule has 0 fully saturated rings. The van der Waals surface area contributed by atoms with Gasteiger partial charge in [0.1, 0.15) is 0 Å². The van der Waals surface area contributed by atoms with Gasteiger partial charge in [-0.05, 0) is 33.3 Å². The van der Waals surface area contributed by atoms with Crippen LogP contribution in [0.4, 0.5) is 0 Å². The van der Waals surface area contributed by atoms with Crippen LogP contribution in [0.15, 0.2) is 30.6 Å². The summed E-state index contributed by atoms with van der Waals surface area (Å²) in [5, 5.41) is 10.4. The van der Waals surface area contributed by atoms with Crippen molar-refractivity contribution in [3.63, 3.8) is 0 Å². The van der Waals surface area contributed by atoms with Gasteiger partial charge in [0.15, 0.2) is 0 Å². The molecular formula is C15H20N2O. The summed E-state index contributed by atoms with van der Waals surface area (Å²) in [7, 11) is 0. The third-order valence-corrected chi connectivity index (χ3v) is 3.60. The summed E-state index contributed by atoms with van der Waals surface area (Å²) in [6.45, 7) is 8.07. The molecule has 18 heavy (non-hydrogen) atoms. The largest absolute Gasteiger partial charge is 0.386 e. The van der Waals surface area contributed by atoms with Crippen molar-refractivity contribution in [3.8, 4) is 0 Å². The van der Waals surface area contributed by atoms with Crippen LogP contribution in [0.3, 0.4) is 0 Å². The minimum atomic E-state index is -0.516. The summed E-state index contributed by atoms with van der Waals surface area (Å²) in [6, 6.07) is 7.99. The average molecular weight is 244 g/mol. The van der Waals surface area contributed by atoms with Crippen LogP contribution in [0.25, 0.3) is 0 Å². The molecule has 2 atom stereocenters.